The van der Waals surface area contributed by atoms with Gasteiger partial charge >= 0.3 is 5.97 Å². The summed E-state index contributed by atoms with van der Waals surface area (Å²) in [7, 11) is -0.759. The lowest BCUT2D eigenvalue weighted by atomic mass is 10.1. The highest BCUT2D eigenvalue weighted by Gasteiger charge is 2.34. The van der Waals surface area contributed by atoms with Crippen LogP contribution in [-0.2, 0) is 14.8 Å². The Morgan fingerprint density at radius 1 is 0.964 bits per heavy atom. The molecule has 2 aromatic carbocycles. The van der Waals surface area contributed by atoms with E-state index in [1.165, 1.54) is 38.4 Å². The fourth-order valence-electron chi connectivity index (χ4n) is 2.73. The van der Waals surface area contributed by atoms with E-state index in [9.17, 15) is 22.8 Å². The second-order valence-electron chi connectivity index (χ2n) is 6.26. The van der Waals surface area contributed by atoms with Gasteiger partial charge in [-0.05, 0) is 36.4 Å². The highest BCUT2D eigenvalue weighted by atomic mass is 32.2. The van der Waals surface area contributed by atoms with Crippen molar-refractivity contribution in [3.63, 3.8) is 0 Å². The van der Waals surface area contributed by atoms with E-state index in [2.05, 4.69) is 0 Å². The summed E-state index contributed by atoms with van der Waals surface area (Å²) < 4.78 is 30.2. The summed E-state index contributed by atoms with van der Waals surface area (Å²) in [5.41, 5.74) is 0.827. The molecule has 0 aromatic heterocycles. The molecule has 3 rings (SSSR count). The molecule has 0 radical (unpaired) electrons. The van der Waals surface area contributed by atoms with Crippen molar-refractivity contribution >= 4 is 27.8 Å². The van der Waals surface area contributed by atoms with Crippen LogP contribution in [0.25, 0.3) is 0 Å². The van der Waals surface area contributed by atoms with Gasteiger partial charge in [-0.15, -0.1) is 0 Å². The van der Waals surface area contributed by atoms with E-state index < -0.39 is 27.8 Å². The van der Waals surface area contributed by atoms with Crippen LogP contribution in [-0.4, -0.2) is 62.7 Å². The molecule has 0 bridgehead atoms. The molecule has 146 valence electrons. The first-order valence-electron chi connectivity index (χ1n) is 8.38. The minimum atomic E-state index is -3.59. The fourth-order valence-corrected chi connectivity index (χ4v) is 3.63. The summed E-state index contributed by atoms with van der Waals surface area (Å²) in [4.78, 5) is 37.7. The lowest BCUT2D eigenvalue weighted by molar-refractivity contribution is 0.0420. The van der Waals surface area contributed by atoms with Crippen molar-refractivity contribution in [2.24, 2.45) is 0 Å². The summed E-state index contributed by atoms with van der Waals surface area (Å²) in [5, 5.41) is 0. The normalized spacial score (nSPS) is 13.8. The number of carbonyl (C=O) groups excluding carboxylic acids is 3. The Balaban J connectivity index is 1.60. The minimum absolute atomic E-state index is 0.0556. The van der Waals surface area contributed by atoms with Gasteiger partial charge in [-0.3, -0.25) is 14.5 Å². The number of hydrogen-bond acceptors (Lipinski definition) is 6. The molecule has 0 unspecified atom stereocenters. The van der Waals surface area contributed by atoms with Crippen LogP contribution in [0.3, 0.4) is 0 Å². The van der Waals surface area contributed by atoms with Crippen molar-refractivity contribution in [2.45, 2.75) is 4.90 Å². The number of amides is 2. The van der Waals surface area contributed by atoms with Gasteiger partial charge in [0.1, 0.15) is 6.61 Å². The third-order valence-corrected chi connectivity index (χ3v) is 6.12. The maximum Gasteiger partial charge on any atom is 0.338 e. The number of esters is 1. The van der Waals surface area contributed by atoms with Gasteiger partial charge in [-0.1, -0.05) is 12.1 Å². The molecule has 0 fully saturated rings. The fraction of sp³-hybridized carbons (Fsp3) is 0.211. The molecule has 0 N–H and O–H groups in total. The quantitative estimate of drug-likeness (QED) is 0.535. The van der Waals surface area contributed by atoms with Crippen LogP contribution >= 0.6 is 0 Å². The number of ether oxygens (including phenoxy) is 1. The van der Waals surface area contributed by atoms with Gasteiger partial charge in [0.2, 0.25) is 10.0 Å². The third kappa shape index (κ3) is 3.54. The molecule has 28 heavy (non-hydrogen) atoms. The second-order valence-corrected chi connectivity index (χ2v) is 8.41. The molecule has 0 spiro atoms. The number of fused-ring (bicyclic) bond motifs is 1. The summed E-state index contributed by atoms with van der Waals surface area (Å²) >= 11 is 0. The molecule has 1 heterocycles. The Hall–Kier alpha value is -3.04. The van der Waals surface area contributed by atoms with E-state index >= 15 is 0 Å². The molecule has 2 amide bonds. The van der Waals surface area contributed by atoms with Crippen molar-refractivity contribution in [1.82, 2.24) is 9.21 Å². The Kier molecular flexibility index (Phi) is 5.30. The molecule has 1 aliphatic rings. The van der Waals surface area contributed by atoms with Crippen LogP contribution in [0.4, 0.5) is 0 Å². The predicted molar refractivity (Wildman–Crippen MR) is 99.4 cm³/mol. The van der Waals surface area contributed by atoms with Crippen molar-refractivity contribution in [1.29, 1.82) is 0 Å². The first-order valence-corrected chi connectivity index (χ1v) is 9.82. The van der Waals surface area contributed by atoms with Crippen molar-refractivity contribution in [3.05, 3.63) is 65.2 Å². The maximum absolute atomic E-state index is 12.2. The van der Waals surface area contributed by atoms with E-state index in [1.807, 2.05) is 0 Å². The number of rotatable bonds is 6. The van der Waals surface area contributed by atoms with Crippen molar-refractivity contribution in [3.8, 4) is 0 Å². The molecule has 0 saturated heterocycles. The number of carbonyl (C=O) groups is 3. The zero-order valence-electron chi connectivity index (χ0n) is 15.3. The second kappa shape index (κ2) is 7.53. The highest BCUT2D eigenvalue weighted by Crippen LogP contribution is 2.22. The van der Waals surface area contributed by atoms with E-state index in [1.54, 1.807) is 24.3 Å². The number of benzene rings is 2. The maximum atomic E-state index is 12.2. The molecule has 8 nitrogen and oxygen atoms in total. The van der Waals surface area contributed by atoms with E-state index in [-0.39, 0.29) is 23.6 Å². The number of imide groups is 1. The lowest BCUT2D eigenvalue weighted by Crippen LogP contribution is -2.33. The Labute approximate surface area is 162 Å². The molecule has 1 aliphatic heterocycles. The van der Waals surface area contributed by atoms with Gasteiger partial charge in [0.25, 0.3) is 11.8 Å². The molecular formula is C19H18N2O6S. The van der Waals surface area contributed by atoms with Crippen LogP contribution in [0.2, 0.25) is 0 Å². The topological polar surface area (TPSA) is 101 Å². The van der Waals surface area contributed by atoms with Gasteiger partial charge in [-0.2, -0.15) is 0 Å². The standard InChI is InChI=1S/C19H18N2O6S/c1-20(2)28(25,26)14-9-7-13(8-10-14)19(24)27-12-11-21-17(22)15-5-3-4-6-16(15)18(21)23/h3-10H,11-12H2,1-2H3. The zero-order chi connectivity index (χ0) is 20.5. The van der Waals surface area contributed by atoms with Gasteiger partial charge in [0.05, 0.1) is 28.1 Å². The van der Waals surface area contributed by atoms with Crippen LogP contribution in [0, 0.1) is 0 Å². The number of nitrogens with zero attached hydrogens (tertiary/aromatic N) is 2. The molecule has 0 atom stereocenters. The summed E-state index contributed by atoms with van der Waals surface area (Å²) in [6.45, 7) is -0.229. The van der Waals surface area contributed by atoms with E-state index in [0.29, 0.717) is 11.1 Å². The molecular weight excluding hydrogens is 384 g/mol. The van der Waals surface area contributed by atoms with E-state index in [0.717, 1.165) is 9.21 Å². The first-order chi connectivity index (χ1) is 13.2. The van der Waals surface area contributed by atoms with Crippen LogP contribution < -0.4 is 0 Å². The molecule has 9 heteroatoms. The Bertz CT molecular complexity index is 1010. The zero-order valence-corrected chi connectivity index (χ0v) is 16.1. The SMILES string of the molecule is CN(C)S(=O)(=O)c1ccc(C(=O)OCCN2C(=O)c3ccccc3C2=O)cc1. The van der Waals surface area contributed by atoms with Crippen LogP contribution in [0.15, 0.2) is 53.4 Å². The minimum Gasteiger partial charge on any atom is -0.460 e. The smallest absolute Gasteiger partial charge is 0.338 e. The molecule has 0 aliphatic carbocycles. The van der Waals surface area contributed by atoms with Gasteiger partial charge in [-0.25, -0.2) is 17.5 Å². The number of sulfonamides is 1. The van der Waals surface area contributed by atoms with E-state index in [4.69, 9.17) is 4.74 Å². The lowest BCUT2D eigenvalue weighted by Gasteiger charge is -2.14. The first kappa shape index (κ1) is 19.7. The molecule has 2 aromatic rings. The third-order valence-electron chi connectivity index (χ3n) is 4.29. The average molecular weight is 402 g/mol. The highest BCUT2D eigenvalue weighted by molar-refractivity contribution is 7.89. The molecule has 0 saturated carbocycles. The van der Waals surface area contributed by atoms with Gasteiger partial charge < -0.3 is 4.74 Å². The predicted octanol–water partition coefficient (Wildman–Crippen LogP) is 1.39. The van der Waals surface area contributed by atoms with Crippen LogP contribution in [0.1, 0.15) is 31.1 Å². The van der Waals surface area contributed by atoms with Crippen LogP contribution in [0.5, 0.6) is 0 Å². The average Bonchev–Trinajstić information content (AvgIpc) is 2.93. The number of hydrogen-bond donors (Lipinski definition) is 0. The Morgan fingerprint density at radius 3 is 2.00 bits per heavy atom. The van der Waals surface area contributed by atoms with Gasteiger partial charge in [0, 0.05) is 14.1 Å². The summed E-state index contributed by atoms with van der Waals surface area (Å²) in [6, 6.07) is 11.8. The largest absolute Gasteiger partial charge is 0.460 e. The van der Waals surface area contributed by atoms with Crippen molar-refractivity contribution < 1.29 is 27.5 Å². The van der Waals surface area contributed by atoms with Crippen molar-refractivity contribution in [2.75, 3.05) is 27.2 Å². The summed E-state index contributed by atoms with van der Waals surface area (Å²) in [5.74, 6) is -1.52. The summed E-state index contributed by atoms with van der Waals surface area (Å²) in [6.07, 6.45) is 0. The monoisotopic (exact) mass is 402 g/mol. The van der Waals surface area contributed by atoms with Gasteiger partial charge in [0.15, 0.2) is 0 Å². The Morgan fingerprint density at radius 2 is 1.50 bits per heavy atom.